The molecule has 0 saturated heterocycles. The van der Waals surface area contributed by atoms with E-state index >= 15 is 0 Å². The van der Waals surface area contributed by atoms with E-state index in [1.807, 2.05) is 0 Å². The number of amides is 2. The number of hydrogen-bond acceptors (Lipinski definition) is 7. The summed E-state index contributed by atoms with van der Waals surface area (Å²) in [5.41, 5.74) is -6.35. The van der Waals surface area contributed by atoms with Gasteiger partial charge in [0.05, 0.1) is 6.61 Å². The number of hydrogen-bond donors (Lipinski definition) is 2. The Morgan fingerprint density at radius 3 is 2.13 bits per heavy atom. The van der Waals surface area contributed by atoms with Crippen LogP contribution in [0.5, 0.6) is 5.75 Å². The Morgan fingerprint density at radius 2 is 1.70 bits per heavy atom. The lowest BCUT2D eigenvalue weighted by Gasteiger charge is -2.26. The second-order valence-corrected chi connectivity index (χ2v) is 8.65. The highest BCUT2D eigenvalue weighted by molar-refractivity contribution is 7.88. The molecule has 13 heteroatoms. The van der Waals surface area contributed by atoms with Gasteiger partial charge in [0.2, 0.25) is 5.91 Å². The SMILES string of the molecule is CN(CCO)C(=O)[C@H](NC(=O)OC(C)(C)C)c1ccc(OS(=O)(=O)C(F)(F)F)cc1. The van der Waals surface area contributed by atoms with Crippen molar-refractivity contribution in [3.05, 3.63) is 29.8 Å². The van der Waals surface area contributed by atoms with Crippen molar-refractivity contribution in [3.63, 3.8) is 0 Å². The number of aliphatic hydroxyl groups excluding tert-OH is 1. The van der Waals surface area contributed by atoms with E-state index < -0.39 is 45.0 Å². The molecule has 30 heavy (non-hydrogen) atoms. The average Bonchev–Trinajstić information content (AvgIpc) is 2.57. The number of halogens is 3. The lowest BCUT2D eigenvalue weighted by Crippen LogP contribution is -2.43. The van der Waals surface area contributed by atoms with Crippen LogP contribution >= 0.6 is 0 Å². The molecule has 0 spiro atoms. The Bertz CT molecular complexity index is 850. The Labute approximate surface area is 171 Å². The average molecular weight is 456 g/mol. The van der Waals surface area contributed by atoms with E-state index in [1.54, 1.807) is 20.8 Å². The summed E-state index contributed by atoms with van der Waals surface area (Å²) >= 11 is 0. The van der Waals surface area contributed by atoms with E-state index in [0.717, 1.165) is 29.2 Å². The van der Waals surface area contributed by atoms with E-state index in [0.29, 0.717) is 0 Å². The van der Waals surface area contributed by atoms with Gasteiger partial charge in [0.1, 0.15) is 17.4 Å². The molecule has 1 atom stereocenters. The predicted molar refractivity (Wildman–Crippen MR) is 98.9 cm³/mol. The minimum atomic E-state index is -5.85. The molecule has 1 rings (SSSR count). The molecular formula is C17H23F3N2O7S. The van der Waals surface area contributed by atoms with Crippen molar-refractivity contribution in [2.45, 2.75) is 37.9 Å². The molecule has 0 aromatic heterocycles. The standard InChI is InChI=1S/C17H23F3N2O7S/c1-16(2,3)28-15(25)21-13(14(24)22(4)9-10-23)11-5-7-12(8-6-11)29-30(26,27)17(18,19)20/h5-8,13,23H,9-10H2,1-4H3,(H,21,25)/t13-/m1/s1. The quantitative estimate of drug-likeness (QED) is 0.475. The van der Waals surface area contributed by atoms with Crippen LogP contribution in [0.3, 0.4) is 0 Å². The topological polar surface area (TPSA) is 122 Å². The van der Waals surface area contributed by atoms with Crippen molar-refractivity contribution in [1.29, 1.82) is 0 Å². The van der Waals surface area contributed by atoms with Gasteiger partial charge >= 0.3 is 21.7 Å². The minimum absolute atomic E-state index is 0.0453. The summed E-state index contributed by atoms with van der Waals surface area (Å²) in [4.78, 5) is 25.9. The summed E-state index contributed by atoms with van der Waals surface area (Å²) in [7, 11) is -4.48. The van der Waals surface area contributed by atoms with Gasteiger partial charge in [0, 0.05) is 13.6 Å². The molecule has 0 bridgehead atoms. The Hall–Kier alpha value is -2.54. The highest BCUT2D eigenvalue weighted by Gasteiger charge is 2.48. The molecule has 0 heterocycles. The molecule has 0 unspecified atom stereocenters. The summed E-state index contributed by atoms with van der Waals surface area (Å²) < 4.78 is 68.6. The molecule has 0 aliphatic heterocycles. The van der Waals surface area contributed by atoms with Gasteiger partial charge in [-0.05, 0) is 38.5 Å². The number of rotatable bonds is 7. The van der Waals surface area contributed by atoms with Crippen LogP contribution in [0.2, 0.25) is 0 Å². The molecule has 0 fully saturated rings. The molecule has 1 aromatic rings. The van der Waals surface area contributed by atoms with Crippen LogP contribution in [-0.4, -0.2) is 61.7 Å². The van der Waals surface area contributed by atoms with Crippen molar-refractivity contribution >= 4 is 22.1 Å². The predicted octanol–water partition coefficient (Wildman–Crippen LogP) is 1.93. The first kappa shape index (κ1) is 25.5. The van der Waals surface area contributed by atoms with Crippen LogP contribution in [0, 0.1) is 0 Å². The van der Waals surface area contributed by atoms with E-state index in [2.05, 4.69) is 9.50 Å². The second-order valence-electron chi connectivity index (χ2n) is 7.11. The van der Waals surface area contributed by atoms with Crippen molar-refractivity contribution in [2.24, 2.45) is 0 Å². The molecule has 1 aromatic carbocycles. The van der Waals surface area contributed by atoms with Crippen LogP contribution in [-0.2, 0) is 19.6 Å². The fraction of sp³-hybridized carbons (Fsp3) is 0.529. The number of nitrogens with one attached hydrogen (secondary N) is 1. The Morgan fingerprint density at radius 1 is 1.17 bits per heavy atom. The number of aliphatic hydroxyl groups is 1. The molecule has 0 saturated carbocycles. The van der Waals surface area contributed by atoms with Crippen molar-refractivity contribution in [1.82, 2.24) is 10.2 Å². The Kier molecular flexibility index (Phi) is 8.09. The second kappa shape index (κ2) is 9.51. The van der Waals surface area contributed by atoms with Crippen LogP contribution in [0.15, 0.2) is 24.3 Å². The number of carbonyl (C=O) groups excluding carboxylic acids is 2. The van der Waals surface area contributed by atoms with Crippen LogP contribution in [0.25, 0.3) is 0 Å². The van der Waals surface area contributed by atoms with Gasteiger partial charge in [-0.25, -0.2) is 4.79 Å². The van der Waals surface area contributed by atoms with Crippen LogP contribution in [0.4, 0.5) is 18.0 Å². The summed E-state index contributed by atoms with van der Waals surface area (Å²) in [6.07, 6.45) is -0.932. The summed E-state index contributed by atoms with van der Waals surface area (Å²) in [6.45, 7) is 4.43. The van der Waals surface area contributed by atoms with E-state index in [4.69, 9.17) is 9.84 Å². The molecular weight excluding hydrogens is 433 g/mol. The fourth-order valence-corrected chi connectivity index (χ4v) is 2.54. The highest BCUT2D eigenvalue weighted by atomic mass is 32.2. The van der Waals surface area contributed by atoms with Crippen LogP contribution in [0.1, 0.15) is 32.4 Å². The van der Waals surface area contributed by atoms with Crippen molar-refractivity contribution < 1.29 is 45.2 Å². The third-order valence-corrected chi connectivity index (χ3v) is 4.40. The maximum atomic E-state index is 12.6. The zero-order valence-electron chi connectivity index (χ0n) is 16.7. The van der Waals surface area contributed by atoms with E-state index in [-0.39, 0.29) is 18.7 Å². The zero-order valence-corrected chi connectivity index (χ0v) is 17.5. The van der Waals surface area contributed by atoms with Crippen molar-refractivity contribution in [3.8, 4) is 5.75 Å². The molecule has 0 aliphatic carbocycles. The lowest BCUT2D eigenvalue weighted by atomic mass is 10.1. The van der Waals surface area contributed by atoms with Gasteiger partial charge < -0.3 is 24.2 Å². The number of alkyl carbamates (subject to hydrolysis) is 1. The largest absolute Gasteiger partial charge is 0.534 e. The van der Waals surface area contributed by atoms with Gasteiger partial charge in [-0.1, -0.05) is 12.1 Å². The maximum absolute atomic E-state index is 12.6. The van der Waals surface area contributed by atoms with Gasteiger partial charge in [-0.15, -0.1) is 0 Å². The molecule has 2 amide bonds. The number of nitrogens with zero attached hydrogens (tertiary/aromatic N) is 1. The summed E-state index contributed by atoms with van der Waals surface area (Å²) in [6, 6.07) is 2.73. The number of alkyl halides is 3. The third-order valence-electron chi connectivity index (χ3n) is 3.42. The van der Waals surface area contributed by atoms with E-state index in [1.165, 1.54) is 7.05 Å². The molecule has 2 N–H and O–H groups in total. The molecule has 170 valence electrons. The van der Waals surface area contributed by atoms with Crippen LogP contribution < -0.4 is 9.50 Å². The number of benzene rings is 1. The van der Waals surface area contributed by atoms with Gasteiger partial charge in [-0.2, -0.15) is 21.6 Å². The van der Waals surface area contributed by atoms with Crippen molar-refractivity contribution in [2.75, 3.05) is 20.2 Å². The molecule has 0 aliphatic rings. The van der Waals surface area contributed by atoms with Gasteiger partial charge in [-0.3, -0.25) is 4.79 Å². The monoisotopic (exact) mass is 456 g/mol. The zero-order chi connectivity index (χ0) is 23.3. The Balaban J connectivity index is 3.15. The lowest BCUT2D eigenvalue weighted by molar-refractivity contribution is -0.132. The number of ether oxygens (including phenoxy) is 1. The first-order valence-electron chi connectivity index (χ1n) is 8.53. The molecule has 9 nitrogen and oxygen atoms in total. The van der Waals surface area contributed by atoms with Gasteiger partial charge in [0.15, 0.2) is 0 Å². The first-order chi connectivity index (χ1) is 13.6. The minimum Gasteiger partial charge on any atom is -0.444 e. The third kappa shape index (κ3) is 7.37. The normalized spacial score (nSPS) is 13.3. The summed E-state index contributed by atoms with van der Waals surface area (Å²) in [5.74, 6) is -1.28. The smallest absolute Gasteiger partial charge is 0.444 e. The summed E-state index contributed by atoms with van der Waals surface area (Å²) in [5, 5.41) is 11.4. The molecule has 0 radical (unpaired) electrons. The first-order valence-corrected chi connectivity index (χ1v) is 9.94. The highest BCUT2D eigenvalue weighted by Crippen LogP contribution is 2.28. The number of carbonyl (C=O) groups is 2. The maximum Gasteiger partial charge on any atom is 0.534 e. The van der Waals surface area contributed by atoms with Gasteiger partial charge in [0.25, 0.3) is 0 Å². The van der Waals surface area contributed by atoms with E-state index in [9.17, 15) is 31.2 Å². The fourth-order valence-electron chi connectivity index (χ4n) is 2.08. The number of likely N-dealkylation sites (N-methyl/N-ethyl adjacent to an activating group) is 1.